The quantitative estimate of drug-likeness (QED) is 0.502. The Kier molecular flexibility index (Phi) is 7.95. The largest absolute Gasteiger partial charge is 0.379 e. The van der Waals surface area contributed by atoms with Gasteiger partial charge in [-0.15, -0.1) is 0 Å². The number of piperazine rings is 1. The molecule has 2 amide bonds. The molecule has 2 aromatic rings. The van der Waals surface area contributed by atoms with Gasteiger partial charge in [0.15, 0.2) is 0 Å². The maximum atomic E-state index is 13.3. The smallest absolute Gasteiger partial charge is 0.274 e. The van der Waals surface area contributed by atoms with Crippen molar-refractivity contribution in [1.82, 2.24) is 20.2 Å². The van der Waals surface area contributed by atoms with E-state index in [0.717, 1.165) is 63.6 Å². The molecule has 182 valence electrons. The maximum absolute atomic E-state index is 13.3. The van der Waals surface area contributed by atoms with Gasteiger partial charge in [-0.05, 0) is 49.2 Å². The number of ether oxygens (including phenoxy) is 1. The van der Waals surface area contributed by atoms with Crippen LogP contribution in [0.15, 0.2) is 48.5 Å². The van der Waals surface area contributed by atoms with Crippen molar-refractivity contribution >= 4 is 11.8 Å². The number of carbonyl (C=O) groups excluding carboxylic acids is 2. The van der Waals surface area contributed by atoms with E-state index in [4.69, 9.17) is 9.94 Å². The van der Waals surface area contributed by atoms with Gasteiger partial charge in [-0.2, -0.15) is 0 Å². The van der Waals surface area contributed by atoms with E-state index >= 15 is 0 Å². The second kappa shape index (κ2) is 11.1. The third-order valence-corrected chi connectivity index (χ3v) is 6.66. The van der Waals surface area contributed by atoms with Gasteiger partial charge < -0.3 is 9.64 Å². The van der Waals surface area contributed by atoms with Crippen molar-refractivity contribution < 1.29 is 19.5 Å². The fourth-order valence-corrected chi connectivity index (χ4v) is 4.97. The molecule has 2 aromatic carbocycles. The van der Waals surface area contributed by atoms with Gasteiger partial charge in [-0.25, -0.2) is 5.48 Å². The van der Waals surface area contributed by atoms with Gasteiger partial charge in [-0.1, -0.05) is 24.3 Å². The van der Waals surface area contributed by atoms with Gasteiger partial charge in [0.05, 0.1) is 13.2 Å². The first-order valence-corrected chi connectivity index (χ1v) is 11.9. The molecule has 34 heavy (non-hydrogen) atoms. The number of nitrogens with one attached hydrogen (secondary N) is 1. The summed E-state index contributed by atoms with van der Waals surface area (Å²) in [5.74, 6) is -0.438. The number of hydrogen-bond donors (Lipinski definition) is 2. The van der Waals surface area contributed by atoms with E-state index in [9.17, 15) is 9.59 Å². The summed E-state index contributed by atoms with van der Waals surface area (Å²) in [5.41, 5.74) is 5.10. The lowest BCUT2D eigenvalue weighted by molar-refractivity contribution is 0.0268. The van der Waals surface area contributed by atoms with Crippen LogP contribution < -0.4 is 5.48 Å². The van der Waals surface area contributed by atoms with Gasteiger partial charge in [0.2, 0.25) is 0 Å². The highest BCUT2D eigenvalue weighted by Crippen LogP contribution is 2.21. The van der Waals surface area contributed by atoms with Crippen molar-refractivity contribution in [3.05, 3.63) is 70.8 Å². The second-order valence-electron chi connectivity index (χ2n) is 9.33. The molecule has 2 N–H and O–H groups in total. The zero-order valence-electron chi connectivity index (χ0n) is 19.9. The van der Waals surface area contributed by atoms with Crippen LogP contribution in [0.2, 0.25) is 0 Å². The first kappa shape index (κ1) is 24.3. The topological polar surface area (TPSA) is 85.4 Å². The fourth-order valence-electron chi connectivity index (χ4n) is 4.97. The standard InChI is InChI=1S/C26H34N4O4/c1-19-15-29(18-22-3-7-23(8-4-22)25(31)27-33)16-20(2)30(19)26(32)24-9-5-21(6-10-24)17-28-11-13-34-14-12-28/h3-10,19-20,33H,11-18H2,1-2H3,(H,27,31)/t19-,20+. The zero-order chi connectivity index (χ0) is 24.1. The van der Waals surface area contributed by atoms with Gasteiger partial charge in [0.25, 0.3) is 11.8 Å². The molecule has 2 saturated heterocycles. The summed E-state index contributed by atoms with van der Waals surface area (Å²) in [6.45, 7) is 10.8. The second-order valence-corrected chi connectivity index (χ2v) is 9.33. The van der Waals surface area contributed by atoms with Gasteiger partial charge in [0, 0.05) is 62.5 Å². The lowest BCUT2D eigenvalue weighted by Gasteiger charge is -2.44. The van der Waals surface area contributed by atoms with E-state index in [1.54, 1.807) is 17.6 Å². The molecule has 0 radical (unpaired) electrons. The summed E-state index contributed by atoms with van der Waals surface area (Å²) in [6, 6.07) is 15.4. The van der Waals surface area contributed by atoms with Crippen LogP contribution in [-0.2, 0) is 17.8 Å². The number of carbonyl (C=O) groups is 2. The summed E-state index contributed by atoms with van der Waals surface area (Å²) < 4.78 is 5.42. The van der Waals surface area contributed by atoms with Gasteiger partial charge >= 0.3 is 0 Å². The molecule has 2 aliphatic rings. The van der Waals surface area contributed by atoms with Crippen molar-refractivity contribution in [3.8, 4) is 0 Å². The Morgan fingerprint density at radius 3 is 1.88 bits per heavy atom. The molecule has 2 atom stereocenters. The molecule has 0 spiro atoms. The first-order chi connectivity index (χ1) is 16.4. The van der Waals surface area contributed by atoms with Crippen LogP contribution in [0.3, 0.4) is 0 Å². The lowest BCUT2D eigenvalue weighted by Crippen LogP contribution is -2.58. The summed E-state index contributed by atoms with van der Waals surface area (Å²) in [5, 5.41) is 8.76. The van der Waals surface area contributed by atoms with Crippen LogP contribution in [0.25, 0.3) is 0 Å². The molecule has 0 unspecified atom stereocenters. The highest BCUT2D eigenvalue weighted by atomic mass is 16.5. The Morgan fingerprint density at radius 1 is 0.853 bits per heavy atom. The molecular weight excluding hydrogens is 432 g/mol. The molecule has 2 aliphatic heterocycles. The van der Waals surface area contributed by atoms with Crippen LogP contribution in [0.5, 0.6) is 0 Å². The Balaban J connectivity index is 1.34. The van der Waals surface area contributed by atoms with Crippen molar-refractivity contribution in [1.29, 1.82) is 0 Å². The monoisotopic (exact) mass is 466 g/mol. The molecule has 8 nitrogen and oxygen atoms in total. The first-order valence-electron chi connectivity index (χ1n) is 11.9. The van der Waals surface area contributed by atoms with E-state index in [1.165, 1.54) is 5.56 Å². The molecule has 0 aromatic heterocycles. The normalized spacial score (nSPS) is 21.9. The van der Waals surface area contributed by atoms with Gasteiger partial charge in [-0.3, -0.25) is 24.6 Å². The predicted molar refractivity (Wildman–Crippen MR) is 129 cm³/mol. The molecule has 2 fully saturated rings. The molecular formula is C26H34N4O4. The average Bonchev–Trinajstić information content (AvgIpc) is 2.84. The Morgan fingerprint density at radius 2 is 1.35 bits per heavy atom. The summed E-state index contributed by atoms with van der Waals surface area (Å²) >= 11 is 0. The Labute approximate surface area is 201 Å². The molecule has 4 rings (SSSR count). The van der Waals surface area contributed by atoms with Crippen molar-refractivity contribution in [2.75, 3.05) is 39.4 Å². The van der Waals surface area contributed by atoms with Crippen molar-refractivity contribution in [2.45, 2.75) is 39.0 Å². The van der Waals surface area contributed by atoms with E-state index < -0.39 is 5.91 Å². The van der Waals surface area contributed by atoms with E-state index in [2.05, 4.69) is 35.8 Å². The molecule has 8 heteroatoms. The van der Waals surface area contributed by atoms with E-state index in [-0.39, 0.29) is 18.0 Å². The van der Waals surface area contributed by atoms with E-state index in [0.29, 0.717) is 5.56 Å². The molecule has 0 saturated carbocycles. The third-order valence-electron chi connectivity index (χ3n) is 6.66. The minimum Gasteiger partial charge on any atom is -0.379 e. The van der Waals surface area contributed by atoms with Crippen LogP contribution in [0.1, 0.15) is 45.7 Å². The van der Waals surface area contributed by atoms with Crippen LogP contribution in [0, 0.1) is 0 Å². The number of hydroxylamine groups is 1. The Hall–Kier alpha value is -2.78. The predicted octanol–water partition coefficient (Wildman–Crippen LogP) is 2.37. The number of morpholine rings is 1. The number of amides is 2. The highest BCUT2D eigenvalue weighted by Gasteiger charge is 2.33. The molecule has 2 heterocycles. The molecule has 0 aliphatic carbocycles. The summed E-state index contributed by atoms with van der Waals surface area (Å²) in [7, 11) is 0. The van der Waals surface area contributed by atoms with Crippen LogP contribution in [0.4, 0.5) is 0 Å². The number of nitrogens with zero attached hydrogens (tertiary/aromatic N) is 3. The Bertz CT molecular complexity index is 961. The lowest BCUT2D eigenvalue weighted by atomic mass is 10.0. The number of hydrogen-bond acceptors (Lipinski definition) is 6. The minimum atomic E-state index is -0.518. The third kappa shape index (κ3) is 5.82. The summed E-state index contributed by atoms with van der Waals surface area (Å²) in [4.78, 5) is 31.6. The number of rotatable bonds is 6. The summed E-state index contributed by atoms with van der Waals surface area (Å²) in [6.07, 6.45) is 0. The zero-order valence-corrected chi connectivity index (χ0v) is 19.9. The maximum Gasteiger partial charge on any atom is 0.274 e. The number of benzene rings is 2. The van der Waals surface area contributed by atoms with Crippen molar-refractivity contribution in [3.63, 3.8) is 0 Å². The average molecular weight is 467 g/mol. The van der Waals surface area contributed by atoms with Crippen molar-refractivity contribution in [2.24, 2.45) is 0 Å². The van der Waals surface area contributed by atoms with Gasteiger partial charge in [0.1, 0.15) is 0 Å². The van der Waals surface area contributed by atoms with E-state index in [1.807, 2.05) is 29.2 Å². The molecule has 0 bridgehead atoms. The highest BCUT2D eigenvalue weighted by molar-refractivity contribution is 5.95. The van der Waals surface area contributed by atoms with Crippen LogP contribution in [-0.4, -0.2) is 83.2 Å². The van der Waals surface area contributed by atoms with Crippen LogP contribution >= 0.6 is 0 Å². The fraction of sp³-hybridized carbons (Fsp3) is 0.462. The minimum absolute atomic E-state index is 0.0805. The SMILES string of the molecule is C[C@@H]1CN(Cc2ccc(C(=O)NO)cc2)C[C@H](C)N1C(=O)c1ccc(CN2CCOCC2)cc1.